The van der Waals surface area contributed by atoms with Gasteiger partial charge in [-0.05, 0) is 24.6 Å². The second-order valence-electron chi connectivity index (χ2n) is 3.65. The zero-order valence-corrected chi connectivity index (χ0v) is 10.3. The summed E-state index contributed by atoms with van der Waals surface area (Å²) in [6.45, 7) is 1.76. The van der Waals surface area contributed by atoms with Crippen molar-refractivity contribution < 1.29 is 8.78 Å². The number of fused-ring (bicyclic) bond motifs is 1. The van der Waals surface area contributed by atoms with E-state index in [4.69, 9.17) is 28.9 Å². The lowest BCUT2D eigenvalue weighted by Crippen LogP contribution is -1.98. The van der Waals surface area contributed by atoms with Crippen LogP contribution in [-0.4, -0.2) is 4.98 Å². The lowest BCUT2D eigenvalue weighted by Gasteiger charge is -2.10. The first-order chi connectivity index (χ1) is 7.91. The van der Waals surface area contributed by atoms with Crippen LogP contribution < -0.4 is 5.73 Å². The lowest BCUT2D eigenvalue weighted by molar-refractivity contribution is 0.146. The van der Waals surface area contributed by atoms with Gasteiger partial charge in [0.05, 0.1) is 15.6 Å². The van der Waals surface area contributed by atoms with Gasteiger partial charge in [0, 0.05) is 11.1 Å². The maximum atomic E-state index is 12.6. The highest BCUT2D eigenvalue weighted by Crippen LogP contribution is 2.36. The molecule has 0 saturated carbocycles. The molecule has 1 aromatic heterocycles. The number of benzene rings is 1. The van der Waals surface area contributed by atoms with Crippen molar-refractivity contribution >= 4 is 39.8 Å². The molecule has 90 valence electrons. The average Bonchev–Trinajstić information content (AvgIpc) is 2.25. The zero-order chi connectivity index (χ0) is 12.7. The molecule has 0 amide bonds. The van der Waals surface area contributed by atoms with Crippen molar-refractivity contribution in [3.63, 3.8) is 0 Å². The van der Waals surface area contributed by atoms with Crippen LogP contribution in [0.2, 0.25) is 10.0 Å². The van der Waals surface area contributed by atoms with Gasteiger partial charge in [-0.15, -0.1) is 0 Å². The molecule has 0 aliphatic carbocycles. The number of nitrogen functional groups attached to an aromatic ring is 1. The highest BCUT2D eigenvalue weighted by atomic mass is 35.5. The number of aryl methyl sites for hydroxylation is 1. The predicted octanol–water partition coefficient (Wildman–Crippen LogP) is 4.37. The highest BCUT2D eigenvalue weighted by molar-refractivity contribution is 6.41. The highest BCUT2D eigenvalue weighted by Gasteiger charge is 2.16. The largest absolute Gasteiger partial charge is 0.398 e. The molecule has 0 aliphatic heterocycles. The van der Waals surface area contributed by atoms with Crippen molar-refractivity contribution in [3.8, 4) is 0 Å². The van der Waals surface area contributed by atoms with Gasteiger partial charge in [0.25, 0.3) is 6.43 Å². The van der Waals surface area contributed by atoms with Crippen LogP contribution in [0.15, 0.2) is 12.1 Å². The number of hydrogen-bond donors (Lipinski definition) is 1. The van der Waals surface area contributed by atoms with Crippen LogP contribution in [0.4, 0.5) is 14.5 Å². The maximum Gasteiger partial charge on any atom is 0.280 e. The Morgan fingerprint density at radius 1 is 1.29 bits per heavy atom. The molecule has 1 aromatic carbocycles. The minimum atomic E-state index is -2.70. The monoisotopic (exact) mass is 276 g/mol. The fourth-order valence-electron chi connectivity index (χ4n) is 1.62. The predicted molar refractivity (Wildman–Crippen MR) is 65.9 cm³/mol. The molecule has 0 unspecified atom stereocenters. The van der Waals surface area contributed by atoms with Crippen LogP contribution in [-0.2, 0) is 0 Å². The van der Waals surface area contributed by atoms with Crippen LogP contribution >= 0.6 is 23.2 Å². The topological polar surface area (TPSA) is 38.9 Å². The van der Waals surface area contributed by atoms with Crippen molar-refractivity contribution in [2.45, 2.75) is 13.3 Å². The van der Waals surface area contributed by atoms with E-state index in [9.17, 15) is 8.78 Å². The van der Waals surface area contributed by atoms with Gasteiger partial charge in [-0.1, -0.05) is 23.2 Å². The molecule has 2 aromatic rings. The number of pyridine rings is 1. The van der Waals surface area contributed by atoms with Gasteiger partial charge in [-0.3, -0.25) is 0 Å². The second kappa shape index (κ2) is 4.27. The third kappa shape index (κ3) is 2.03. The fourth-order valence-corrected chi connectivity index (χ4v) is 2.17. The van der Waals surface area contributed by atoms with E-state index in [1.54, 1.807) is 13.0 Å². The summed E-state index contributed by atoms with van der Waals surface area (Å²) in [6.07, 6.45) is -2.70. The van der Waals surface area contributed by atoms with E-state index < -0.39 is 12.1 Å². The normalized spacial score (nSPS) is 11.4. The lowest BCUT2D eigenvalue weighted by atomic mass is 10.1. The van der Waals surface area contributed by atoms with Crippen molar-refractivity contribution in [2.75, 3.05) is 5.73 Å². The zero-order valence-electron chi connectivity index (χ0n) is 8.77. The first-order valence-electron chi connectivity index (χ1n) is 4.74. The third-order valence-electron chi connectivity index (χ3n) is 2.43. The van der Waals surface area contributed by atoms with Crippen LogP contribution in [0.3, 0.4) is 0 Å². The Kier molecular flexibility index (Phi) is 3.10. The number of nitrogens with two attached hydrogens (primary N) is 1. The molecule has 0 radical (unpaired) electrons. The smallest absolute Gasteiger partial charge is 0.280 e. The van der Waals surface area contributed by atoms with Crippen molar-refractivity contribution in [1.29, 1.82) is 0 Å². The summed E-state index contributed by atoms with van der Waals surface area (Å²) < 4.78 is 25.2. The van der Waals surface area contributed by atoms with Gasteiger partial charge in [-0.2, -0.15) is 0 Å². The molecule has 0 fully saturated rings. The van der Waals surface area contributed by atoms with E-state index in [0.717, 1.165) is 11.6 Å². The molecule has 0 atom stereocenters. The summed E-state index contributed by atoms with van der Waals surface area (Å²) in [7, 11) is 0. The molecule has 0 saturated heterocycles. The molecular weight excluding hydrogens is 269 g/mol. The molecule has 0 spiro atoms. The molecule has 6 heteroatoms. The fraction of sp³-hybridized carbons (Fsp3) is 0.182. The van der Waals surface area contributed by atoms with Gasteiger partial charge in [0.15, 0.2) is 0 Å². The number of rotatable bonds is 1. The van der Waals surface area contributed by atoms with Crippen LogP contribution in [0.25, 0.3) is 10.9 Å². The minimum Gasteiger partial charge on any atom is -0.398 e. The molecular formula is C11H8Cl2F2N2. The summed E-state index contributed by atoms with van der Waals surface area (Å²) in [5, 5.41) is 1.06. The number of aromatic nitrogens is 1. The van der Waals surface area contributed by atoms with Gasteiger partial charge < -0.3 is 5.73 Å². The third-order valence-corrected chi connectivity index (χ3v) is 3.20. The molecule has 2 rings (SSSR count). The van der Waals surface area contributed by atoms with Gasteiger partial charge in [0.1, 0.15) is 5.69 Å². The van der Waals surface area contributed by atoms with E-state index >= 15 is 0 Å². The maximum absolute atomic E-state index is 12.6. The van der Waals surface area contributed by atoms with Crippen LogP contribution in [0.1, 0.15) is 17.7 Å². The summed E-state index contributed by atoms with van der Waals surface area (Å²) in [6, 6.07) is 2.70. The number of anilines is 1. The molecule has 2 N–H and O–H groups in total. The van der Waals surface area contributed by atoms with E-state index in [1.165, 1.54) is 0 Å². The average molecular weight is 277 g/mol. The van der Waals surface area contributed by atoms with Crippen molar-refractivity contribution in [2.24, 2.45) is 0 Å². The Balaban J connectivity index is 2.90. The Hall–Kier alpha value is -1.13. The van der Waals surface area contributed by atoms with Crippen molar-refractivity contribution in [3.05, 3.63) is 33.4 Å². The Bertz CT molecular complexity index is 600. The van der Waals surface area contributed by atoms with E-state index in [-0.39, 0.29) is 16.2 Å². The standard InChI is InChI=1S/C11H8Cl2F2N2/c1-4-2-5(12)10-8(9(4)13)6(16)3-7(17-10)11(14)15/h2-3,11H,1H3,(H2,16,17). The first-order valence-corrected chi connectivity index (χ1v) is 5.50. The summed E-state index contributed by atoms with van der Waals surface area (Å²) in [4.78, 5) is 3.79. The number of halogens is 4. The molecule has 0 aliphatic rings. The number of alkyl halides is 2. The number of nitrogens with zero attached hydrogens (tertiary/aromatic N) is 1. The van der Waals surface area contributed by atoms with E-state index in [0.29, 0.717) is 10.4 Å². The quantitative estimate of drug-likeness (QED) is 0.840. The van der Waals surface area contributed by atoms with Gasteiger partial charge in [0.2, 0.25) is 0 Å². The van der Waals surface area contributed by atoms with E-state index in [1.807, 2.05) is 0 Å². The van der Waals surface area contributed by atoms with Crippen molar-refractivity contribution in [1.82, 2.24) is 4.98 Å². The first kappa shape index (κ1) is 12.3. The van der Waals surface area contributed by atoms with Crippen LogP contribution in [0.5, 0.6) is 0 Å². The summed E-state index contributed by atoms with van der Waals surface area (Å²) >= 11 is 12.0. The Morgan fingerprint density at radius 2 is 1.94 bits per heavy atom. The molecule has 17 heavy (non-hydrogen) atoms. The van der Waals surface area contributed by atoms with Gasteiger partial charge >= 0.3 is 0 Å². The SMILES string of the molecule is Cc1cc(Cl)c2nc(C(F)F)cc(N)c2c1Cl. The number of hydrogen-bond acceptors (Lipinski definition) is 2. The molecule has 0 bridgehead atoms. The molecule has 2 nitrogen and oxygen atoms in total. The second-order valence-corrected chi connectivity index (χ2v) is 4.44. The summed E-state index contributed by atoms with van der Waals surface area (Å²) in [5.74, 6) is 0. The van der Waals surface area contributed by atoms with Gasteiger partial charge in [-0.25, -0.2) is 13.8 Å². The summed E-state index contributed by atoms with van der Waals surface area (Å²) in [5.41, 5.74) is 6.40. The minimum absolute atomic E-state index is 0.154. The molecule has 1 heterocycles. The van der Waals surface area contributed by atoms with E-state index in [2.05, 4.69) is 4.98 Å². The Morgan fingerprint density at radius 3 is 2.53 bits per heavy atom. The van der Waals surface area contributed by atoms with Crippen LogP contribution in [0, 0.1) is 6.92 Å². The Labute approximate surface area is 106 Å².